The first kappa shape index (κ1) is 32.2. The van der Waals surface area contributed by atoms with Crippen molar-refractivity contribution < 1.29 is 42.9 Å². The van der Waals surface area contributed by atoms with E-state index in [0.29, 0.717) is 19.3 Å². The molecule has 7 aliphatic rings. The molecule has 43 heavy (non-hydrogen) atoms. The number of hydrogen-bond acceptors (Lipinski definition) is 9. The second-order valence-corrected chi connectivity index (χ2v) is 16.0. The first-order valence-electron chi connectivity index (χ1n) is 16.5. The molecular weight excluding hydrogens is 552 g/mol. The summed E-state index contributed by atoms with van der Waals surface area (Å²) in [5.41, 5.74) is -1.45. The molecule has 9 nitrogen and oxygen atoms in total. The van der Waals surface area contributed by atoms with E-state index < -0.39 is 34.6 Å². The smallest absolute Gasteiger partial charge is 0.344 e. The van der Waals surface area contributed by atoms with Crippen molar-refractivity contribution in [3.8, 4) is 0 Å². The molecule has 7 rings (SSSR count). The highest BCUT2D eigenvalue weighted by molar-refractivity contribution is 5.80. The van der Waals surface area contributed by atoms with Crippen molar-refractivity contribution in [1.29, 1.82) is 0 Å². The predicted octanol–water partition coefficient (Wildman–Crippen LogP) is 5.55. The fraction of sp³-hybridized carbons (Fsp3) is 0.882. The van der Waals surface area contributed by atoms with E-state index in [-0.39, 0.29) is 48.1 Å². The van der Waals surface area contributed by atoms with E-state index in [2.05, 4.69) is 13.8 Å². The molecule has 3 aliphatic heterocycles. The summed E-state index contributed by atoms with van der Waals surface area (Å²) >= 11 is 0. The molecule has 4 aliphatic carbocycles. The molecule has 3 saturated heterocycles. The maximum absolute atomic E-state index is 12.4. The molecule has 0 radical (unpaired) electrons. The minimum Gasteiger partial charge on any atom is -0.457 e. The summed E-state index contributed by atoms with van der Waals surface area (Å²) in [5.74, 6) is 1.09. The summed E-state index contributed by atoms with van der Waals surface area (Å²) in [6.45, 7) is 15.1. The van der Waals surface area contributed by atoms with Crippen LogP contribution < -0.4 is 0 Å². The zero-order chi connectivity index (χ0) is 31.5. The summed E-state index contributed by atoms with van der Waals surface area (Å²) in [6.07, 6.45) is 8.47. The molecule has 0 spiro atoms. The fourth-order valence-electron chi connectivity index (χ4n) is 8.54. The first-order chi connectivity index (χ1) is 20.0. The molecule has 0 aromatic heterocycles. The van der Waals surface area contributed by atoms with Crippen LogP contribution in [0.4, 0.5) is 0 Å². The number of carbonyl (C=O) groups excluding carboxylic acids is 4. The van der Waals surface area contributed by atoms with Crippen LogP contribution in [0.1, 0.15) is 113 Å². The van der Waals surface area contributed by atoms with Crippen LogP contribution in [0.3, 0.4) is 0 Å². The normalized spacial score (nSPS) is 37.0. The number of ether oxygens (including phenoxy) is 5. The minimum atomic E-state index is -0.560. The van der Waals surface area contributed by atoms with Crippen LogP contribution in [0.2, 0.25) is 0 Å². The molecule has 5 unspecified atom stereocenters. The zero-order valence-corrected chi connectivity index (χ0v) is 27.4. The second-order valence-electron chi connectivity index (χ2n) is 16.0. The highest BCUT2D eigenvalue weighted by atomic mass is 16.7. The van der Waals surface area contributed by atoms with Crippen LogP contribution in [0.15, 0.2) is 0 Å². The van der Waals surface area contributed by atoms with Crippen LogP contribution in [-0.4, -0.2) is 60.5 Å². The minimum absolute atomic E-state index is 0.115. The van der Waals surface area contributed by atoms with Gasteiger partial charge in [0.15, 0.2) is 18.8 Å². The molecule has 7 fully saturated rings. The van der Waals surface area contributed by atoms with Gasteiger partial charge in [0.05, 0.1) is 22.9 Å². The van der Waals surface area contributed by atoms with E-state index in [1.165, 1.54) is 38.5 Å². The van der Waals surface area contributed by atoms with E-state index in [1.807, 2.05) is 41.5 Å². The van der Waals surface area contributed by atoms with Gasteiger partial charge in [-0.15, -0.1) is 0 Å². The first-order valence-corrected chi connectivity index (χ1v) is 16.5. The quantitative estimate of drug-likeness (QED) is 0.247. The molecule has 0 aromatic carbocycles. The SMILES string of the molecule is CCC(C)(C)C(=O)OC1C2CC3C(=O)OC1C3O2.CCC(C)(C)C(=O)OCC(=O)OC(C)(C)C12CC3CC(CC(C3)C1)C2. The Hall–Kier alpha value is -2.16. The average molecular weight is 605 g/mol. The Morgan fingerprint density at radius 1 is 0.814 bits per heavy atom. The highest BCUT2D eigenvalue weighted by Gasteiger charge is 2.65. The summed E-state index contributed by atoms with van der Waals surface area (Å²) in [5, 5.41) is 0. The maximum atomic E-state index is 12.4. The molecule has 0 N–H and O–H groups in total. The standard InChI is InChI=1S/C21H34O4.C13H18O5/c1-6-19(2,3)18(23)24-13-17(22)25-20(4,5)21-10-14-7-15(11-21)9-16(8-14)12-21;1-4-13(2,3)12(15)18-9-7-5-6-8(16-7)10(9)17-11(6)14/h14-16H,6-13H2,1-5H3;6-10H,4-5H2,1-3H3. The Morgan fingerprint density at radius 3 is 1.88 bits per heavy atom. The van der Waals surface area contributed by atoms with Crippen molar-refractivity contribution in [2.75, 3.05) is 6.61 Å². The lowest BCUT2D eigenvalue weighted by Gasteiger charge is -2.61. The van der Waals surface area contributed by atoms with Gasteiger partial charge in [-0.1, -0.05) is 13.8 Å². The van der Waals surface area contributed by atoms with Crippen molar-refractivity contribution in [3.05, 3.63) is 0 Å². The fourth-order valence-corrected chi connectivity index (χ4v) is 8.54. The molecule has 0 aromatic rings. The van der Waals surface area contributed by atoms with Crippen LogP contribution in [0.5, 0.6) is 0 Å². The van der Waals surface area contributed by atoms with Crippen molar-refractivity contribution in [2.24, 2.45) is 39.9 Å². The molecule has 0 amide bonds. The van der Waals surface area contributed by atoms with Gasteiger partial charge in [-0.2, -0.15) is 0 Å². The monoisotopic (exact) mass is 604 g/mol. The van der Waals surface area contributed by atoms with Crippen LogP contribution >= 0.6 is 0 Å². The van der Waals surface area contributed by atoms with Gasteiger partial charge < -0.3 is 23.7 Å². The third-order valence-electron chi connectivity index (χ3n) is 11.9. The molecule has 242 valence electrons. The van der Waals surface area contributed by atoms with E-state index in [1.54, 1.807) is 0 Å². The van der Waals surface area contributed by atoms with E-state index in [4.69, 9.17) is 23.7 Å². The molecule has 4 saturated carbocycles. The Labute approximate surface area is 256 Å². The molecule has 5 atom stereocenters. The van der Waals surface area contributed by atoms with Crippen LogP contribution in [0, 0.1) is 39.9 Å². The lowest BCUT2D eigenvalue weighted by atomic mass is 9.46. The number of carbonyl (C=O) groups is 4. The number of fused-ring (bicyclic) bond motifs is 1. The van der Waals surface area contributed by atoms with Gasteiger partial charge in [0.25, 0.3) is 0 Å². The largest absolute Gasteiger partial charge is 0.457 e. The molecule has 9 heteroatoms. The maximum Gasteiger partial charge on any atom is 0.344 e. The zero-order valence-electron chi connectivity index (χ0n) is 27.4. The Morgan fingerprint density at radius 2 is 1.35 bits per heavy atom. The Bertz CT molecular complexity index is 1090. The number of esters is 4. The van der Waals surface area contributed by atoms with Crippen molar-refractivity contribution >= 4 is 23.9 Å². The molecular formula is C34H52O9. The van der Waals surface area contributed by atoms with Crippen molar-refractivity contribution in [1.82, 2.24) is 0 Å². The topological polar surface area (TPSA) is 114 Å². The second kappa shape index (κ2) is 11.3. The van der Waals surface area contributed by atoms with Gasteiger partial charge in [0, 0.05) is 5.41 Å². The predicted molar refractivity (Wildman–Crippen MR) is 156 cm³/mol. The summed E-state index contributed by atoms with van der Waals surface area (Å²) < 4.78 is 27.6. The van der Waals surface area contributed by atoms with Crippen LogP contribution in [-0.2, 0) is 42.9 Å². The van der Waals surface area contributed by atoms with Gasteiger partial charge in [0.2, 0.25) is 0 Å². The molecule has 3 heterocycles. The van der Waals surface area contributed by atoms with E-state index in [0.717, 1.165) is 17.8 Å². The van der Waals surface area contributed by atoms with Crippen LogP contribution in [0.25, 0.3) is 0 Å². The average Bonchev–Trinajstić information content (AvgIpc) is 3.56. The summed E-state index contributed by atoms with van der Waals surface area (Å²) in [7, 11) is 0. The number of hydrogen-bond donors (Lipinski definition) is 0. The van der Waals surface area contributed by atoms with Gasteiger partial charge in [-0.05, 0) is 117 Å². The Balaban J connectivity index is 0.000000180. The summed E-state index contributed by atoms with van der Waals surface area (Å²) in [4.78, 5) is 48.0. The Kier molecular flexibility index (Phi) is 8.49. The number of rotatable bonds is 9. The lowest BCUT2D eigenvalue weighted by molar-refractivity contribution is -0.203. The van der Waals surface area contributed by atoms with Crippen molar-refractivity contribution in [2.45, 2.75) is 143 Å². The van der Waals surface area contributed by atoms with Gasteiger partial charge in [-0.25, -0.2) is 4.79 Å². The van der Waals surface area contributed by atoms with E-state index in [9.17, 15) is 19.2 Å². The lowest BCUT2D eigenvalue weighted by Crippen LogP contribution is -2.57. The van der Waals surface area contributed by atoms with E-state index >= 15 is 0 Å². The van der Waals surface area contributed by atoms with Gasteiger partial charge in [-0.3, -0.25) is 14.4 Å². The summed E-state index contributed by atoms with van der Waals surface area (Å²) in [6, 6.07) is 0. The van der Waals surface area contributed by atoms with Crippen molar-refractivity contribution in [3.63, 3.8) is 0 Å². The van der Waals surface area contributed by atoms with Gasteiger partial charge >= 0.3 is 23.9 Å². The highest BCUT2D eigenvalue weighted by Crippen LogP contribution is 2.64. The van der Waals surface area contributed by atoms with Gasteiger partial charge in [0.1, 0.15) is 11.7 Å². The third-order valence-corrected chi connectivity index (χ3v) is 11.9. The third kappa shape index (κ3) is 5.96. The molecule has 6 bridgehead atoms.